The summed E-state index contributed by atoms with van der Waals surface area (Å²) in [6.07, 6.45) is 22.8. The highest BCUT2D eigenvalue weighted by molar-refractivity contribution is 6.01. The molecule has 0 saturated carbocycles. The summed E-state index contributed by atoms with van der Waals surface area (Å²) in [5, 5.41) is 0. The molecule has 0 amide bonds. The minimum Gasteiger partial charge on any atom is -0.393 e. The van der Waals surface area contributed by atoms with Gasteiger partial charge in [0.1, 0.15) is 0 Å². The maximum absolute atomic E-state index is 13.0. The fraction of sp³-hybridized carbons (Fsp3) is 0.722. The van der Waals surface area contributed by atoms with Gasteiger partial charge in [0.25, 0.3) is 0 Å². The number of carbonyl (C=O) groups is 4. The Morgan fingerprint density at radius 2 is 1.17 bits per heavy atom. The van der Waals surface area contributed by atoms with Gasteiger partial charge in [-0.1, -0.05) is 140 Å². The first-order valence-corrected chi connectivity index (χ1v) is 17.0. The van der Waals surface area contributed by atoms with Gasteiger partial charge in [-0.05, 0) is 30.4 Å². The van der Waals surface area contributed by atoms with Gasteiger partial charge in [0.15, 0.2) is 0 Å². The number of benzene rings is 1. The highest BCUT2D eigenvalue weighted by Crippen LogP contribution is 2.55. The Labute approximate surface area is 252 Å². The lowest BCUT2D eigenvalue weighted by Gasteiger charge is -2.40. The molecule has 0 spiro atoms. The van der Waals surface area contributed by atoms with E-state index in [1.165, 1.54) is 89.9 Å². The molecule has 2 fully saturated rings. The van der Waals surface area contributed by atoms with E-state index in [1.54, 1.807) is 0 Å². The van der Waals surface area contributed by atoms with Crippen LogP contribution in [-0.4, -0.2) is 23.9 Å². The molecule has 6 heteroatoms. The Bertz CT molecular complexity index is 1080. The van der Waals surface area contributed by atoms with Gasteiger partial charge >= 0.3 is 23.9 Å². The maximum atomic E-state index is 13.0. The van der Waals surface area contributed by atoms with Crippen LogP contribution < -0.4 is 0 Å². The molecule has 1 aliphatic carbocycles. The molecule has 2 saturated heterocycles. The molecule has 42 heavy (non-hydrogen) atoms. The van der Waals surface area contributed by atoms with Gasteiger partial charge in [-0.3, -0.25) is 19.2 Å². The van der Waals surface area contributed by atoms with Crippen LogP contribution in [0.2, 0.25) is 0 Å². The normalized spacial score (nSPS) is 25.0. The minimum atomic E-state index is -0.632. The Morgan fingerprint density at radius 1 is 0.619 bits per heavy atom. The first-order chi connectivity index (χ1) is 20.4. The van der Waals surface area contributed by atoms with Crippen molar-refractivity contribution in [3.63, 3.8) is 0 Å². The van der Waals surface area contributed by atoms with Gasteiger partial charge in [-0.2, -0.15) is 0 Å². The highest BCUT2D eigenvalue weighted by Gasteiger charge is 2.58. The van der Waals surface area contributed by atoms with Crippen LogP contribution in [0.4, 0.5) is 0 Å². The average Bonchev–Trinajstić information content (AvgIpc) is 3.46. The molecule has 0 bridgehead atoms. The van der Waals surface area contributed by atoms with Crippen molar-refractivity contribution >= 4 is 23.9 Å². The van der Waals surface area contributed by atoms with E-state index in [0.29, 0.717) is 0 Å². The standard InChI is InChI=1S/C36H52O6/c1-3-4-5-6-7-8-9-10-11-12-13-14-15-16-17-18-19-20-27-31(29-24-30(37)41-34(29)38)26-22-21-25(2)23-28(26)33-32(27)35(39)42-36(33)40/h21-23,27,29,31-33H,3-20,24H2,1-2H3. The van der Waals surface area contributed by atoms with Crippen LogP contribution in [0.25, 0.3) is 0 Å². The quantitative estimate of drug-likeness (QED) is 0.0925. The van der Waals surface area contributed by atoms with Crippen molar-refractivity contribution in [2.24, 2.45) is 17.8 Å². The molecule has 3 aliphatic rings. The summed E-state index contributed by atoms with van der Waals surface area (Å²) in [6.45, 7) is 4.22. The third-order valence-electron chi connectivity index (χ3n) is 9.92. The number of hydrogen-bond donors (Lipinski definition) is 0. The van der Waals surface area contributed by atoms with E-state index < -0.39 is 41.6 Å². The first kappa shape index (κ1) is 32.4. The summed E-state index contributed by atoms with van der Waals surface area (Å²) in [4.78, 5) is 50.6. The molecule has 5 atom stereocenters. The second kappa shape index (κ2) is 16.4. The summed E-state index contributed by atoms with van der Waals surface area (Å²) < 4.78 is 10.1. The zero-order valence-corrected chi connectivity index (χ0v) is 26.0. The summed E-state index contributed by atoms with van der Waals surface area (Å²) >= 11 is 0. The Morgan fingerprint density at radius 3 is 1.69 bits per heavy atom. The van der Waals surface area contributed by atoms with Crippen molar-refractivity contribution in [2.45, 2.75) is 148 Å². The molecule has 232 valence electrons. The molecule has 1 aromatic carbocycles. The van der Waals surface area contributed by atoms with E-state index >= 15 is 0 Å². The molecule has 0 aromatic heterocycles. The van der Waals surface area contributed by atoms with Crippen molar-refractivity contribution in [1.82, 2.24) is 0 Å². The third-order valence-corrected chi connectivity index (χ3v) is 9.92. The number of rotatable bonds is 19. The predicted molar refractivity (Wildman–Crippen MR) is 163 cm³/mol. The van der Waals surface area contributed by atoms with Gasteiger partial charge in [0.05, 0.1) is 24.2 Å². The molecule has 6 nitrogen and oxygen atoms in total. The van der Waals surface area contributed by atoms with E-state index in [9.17, 15) is 19.2 Å². The molecule has 0 N–H and O–H groups in total. The number of unbranched alkanes of at least 4 members (excludes halogenated alkanes) is 16. The van der Waals surface area contributed by atoms with Crippen LogP contribution in [0.1, 0.15) is 157 Å². The van der Waals surface area contributed by atoms with E-state index in [-0.39, 0.29) is 18.3 Å². The smallest absolute Gasteiger partial charge is 0.321 e. The summed E-state index contributed by atoms with van der Waals surface area (Å²) in [5.74, 6) is -4.44. The number of fused-ring (bicyclic) bond motifs is 3. The maximum Gasteiger partial charge on any atom is 0.321 e. The van der Waals surface area contributed by atoms with Gasteiger partial charge in [-0.25, -0.2) is 0 Å². The van der Waals surface area contributed by atoms with Gasteiger partial charge in [0, 0.05) is 5.92 Å². The lowest BCUT2D eigenvalue weighted by atomic mass is 9.59. The Hall–Kier alpha value is -2.50. The van der Waals surface area contributed by atoms with Gasteiger partial charge < -0.3 is 9.47 Å². The van der Waals surface area contributed by atoms with Gasteiger partial charge in [-0.15, -0.1) is 0 Å². The number of aryl methyl sites for hydroxylation is 1. The van der Waals surface area contributed by atoms with Crippen molar-refractivity contribution < 1.29 is 28.7 Å². The predicted octanol–water partition coefficient (Wildman–Crippen LogP) is 8.62. The Kier molecular flexibility index (Phi) is 12.6. The molecule has 1 aromatic rings. The first-order valence-electron chi connectivity index (χ1n) is 17.0. The van der Waals surface area contributed by atoms with Crippen LogP contribution in [0, 0.1) is 24.7 Å². The van der Waals surface area contributed by atoms with Crippen molar-refractivity contribution in [3.05, 3.63) is 34.9 Å². The minimum absolute atomic E-state index is 0.0206. The Balaban J connectivity index is 1.21. The number of carbonyl (C=O) groups excluding carboxylic acids is 4. The van der Waals surface area contributed by atoms with Crippen LogP contribution >= 0.6 is 0 Å². The topological polar surface area (TPSA) is 86.7 Å². The summed E-state index contributed by atoms with van der Waals surface area (Å²) in [5.41, 5.74) is 2.64. The number of hydrogen-bond acceptors (Lipinski definition) is 6. The van der Waals surface area contributed by atoms with E-state index in [0.717, 1.165) is 42.4 Å². The lowest BCUT2D eigenvalue weighted by Crippen LogP contribution is -2.39. The van der Waals surface area contributed by atoms with E-state index in [1.807, 2.05) is 25.1 Å². The van der Waals surface area contributed by atoms with E-state index in [4.69, 9.17) is 9.47 Å². The highest BCUT2D eigenvalue weighted by atomic mass is 16.6. The molecular weight excluding hydrogens is 528 g/mol. The lowest BCUT2D eigenvalue weighted by molar-refractivity contribution is -0.156. The van der Waals surface area contributed by atoms with Crippen molar-refractivity contribution in [2.75, 3.05) is 0 Å². The van der Waals surface area contributed by atoms with Gasteiger partial charge in [0.2, 0.25) is 0 Å². The molecule has 5 unspecified atom stereocenters. The fourth-order valence-electron chi connectivity index (χ4n) is 7.72. The molecule has 2 aliphatic heterocycles. The largest absolute Gasteiger partial charge is 0.393 e. The number of esters is 4. The molecule has 2 heterocycles. The monoisotopic (exact) mass is 580 g/mol. The second-order valence-electron chi connectivity index (χ2n) is 13.1. The van der Waals surface area contributed by atoms with Crippen molar-refractivity contribution in [3.8, 4) is 0 Å². The van der Waals surface area contributed by atoms with E-state index in [2.05, 4.69) is 6.92 Å². The number of cyclic esters (lactones) is 4. The summed E-state index contributed by atoms with van der Waals surface area (Å²) in [6, 6.07) is 5.89. The van der Waals surface area contributed by atoms with Crippen LogP contribution in [0.3, 0.4) is 0 Å². The fourth-order valence-corrected chi connectivity index (χ4v) is 7.72. The third kappa shape index (κ3) is 8.32. The average molecular weight is 581 g/mol. The number of ether oxygens (including phenoxy) is 2. The van der Waals surface area contributed by atoms with Crippen LogP contribution in [-0.2, 0) is 28.7 Å². The SMILES string of the molecule is CCCCCCCCCCCCCCCCCCCC1C2C(=O)OC(=O)C2c2cc(C)ccc2C1C1CC(=O)OC1=O. The molecular formula is C36H52O6. The zero-order chi connectivity index (χ0) is 29.9. The second-order valence-corrected chi connectivity index (χ2v) is 13.1. The van der Waals surface area contributed by atoms with Crippen LogP contribution in [0.5, 0.6) is 0 Å². The zero-order valence-electron chi connectivity index (χ0n) is 26.0. The van der Waals surface area contributed by atoms with Crippen LogP contribution in [0.15, 0.2) is 18.2 Å². The molecule has 4 rings (SSSR count). The summed E-state index contributed by atoms with van der Waals surface area (Å²) in [7, 11) is 0. The van der Waals surface area contributed by atoms with Crippen molar-refractivity contribution in [1.29, 1.82) is 0 Å². The molecule has 0 radical (unpaired) electrons.